The summed E-state index contributed by atoms with van der Waals surface area (Å²) in [4.78, 5) is 0.403. The van der Waals surface area contributed by atoms with Crippen molar-refractivity contribution >= 4 is 10.0 Å². The lowest BCUT2D eigenvalue weighted by molar-refractivity contribution is 0.544. The predicted molar refractivity (Wildman–Crippen MR) is 81.5 cm³/mol. The van der Waals surface area contributed by atoms with Crippen molar-refractivity contribution < 1.29 is 8.42 Å². The summed E-state index contributed by atoms with van der Waals surface area (Å²) in [5, 5.41) is 0. The van der Waals surface area contributed by atoms with Crippen molar-refractivity contribution in [3.8, 4) is 0 Å². The van der Waals surface area contributed by atoms with Crippen molar-refractivity contribution in [2.45, 2.75) is 36.7 Å². The summed E-state index contributed by atoms with van der Waals surface area (Å²) in [6.07, 6.45) is 1.89. The molecule has 1 heterocycles. The summed E-state index contributed by atoms with van der Waals surface area (Å²) in [6.45, 7) is 1.96. The van der Waals surface area contributed by atoms with Gasteiger partial charge in [0, 0.05) is 6.04 Å². The van der Waals surface area contributed by atoms with Crippen LogP contribution in [0.15, 0.2) is 53.4 Å². The third-order valence-electron chi connectivity index (χ3n) is 4.56. The molecule has 1 aliphatic heterocycles. The van der Waals surface area contributed by atoms with Gasteiger partial charge in [0.1, 0.15) is 0 Å². The van der Waals surface area contributed by atoms with Gasteiger partial charge in [0.25, 0.3) is 0 Å². The molecule has 1 unspecified atom stereocenters. The van der Waals surface area contributed by atoms with E-state index in [-0.39, 0.29) is 12.1 Å². The van der Waals surface area contributed by atoms with E-state index in [9.17, 15) is 8.42 Å². The van der Waals surface area contributed by atoms with Crippen LogP contribution < -0.4 is 0 Å². The third kappa shape index (κ3) is 1.93. The topological polar surface area (TPSA) is 37.1 Å². The van der Waals surface area contributed by atoms with Gasteiger partial charge in [-0.15, -0.1) is 0 Å². The van der Waals surface area contributed by atoms with Crippen LogP contribution in [0.1, 0.15) is 29.2 Å². The summed E-state index contributed by atoms with van der Waals surface area (Å²) in [5.41, 5.74) is 3.55. The number of fused-ring (bicyclic) bond motifs is 3. The number of hydrogen-bond acceptors (Lipinski definition) is 2. The maximum absolute atomic E-state index is 12.8. The minimum Gasteiger partial charge on any atom is -0.207 e. The second kappa shape index (κ2) is 4.42. The molecule has 3 nitrogen and oxygen atoms in total. The summed E-state index contributed by atoms with van der Waals surface area (Å²) < 4.78 is 27.3. The van der Waals surface area contributed by atoms with Crippen LogP contribution >= 0.6 is 0 Å². The molecule has 0 bridgehead atoms. The molecule has 21 heavy (non-hydrogen) atoms. The maximum Gasteiger partial charge on any atom is 0.244 e. The Morgan fingerprint density at radius 1 is 1.05 bits per heavy atom. The molecule has 4 rings (SSSR count). The van der Waals surface area contributed by atoms with Gasteiger partial charge in [-0.1, -0.05) is 42.0 Å². The van der Waals surface area contributed by atoms with E-state index in [1.54, 1.807) is 16.4 Å². The van der Waals surface area contributed by atoms with E-state index in [2.05, 4.69) is 12.1 Å². The molecule has 4 heteroatoms. The fraction of sp³-hybridized carbons (Fsp3) is 0.294. The van der Waals surface area contributed by atoms with Crippen LogP contribution in [0.2, 0.25) is 0 Å². The Bertz CT molecular complexity index is 796. The zero-order chi connectivity index (χ0) is 14.6. The highest BCUT2D eigenvalue weighted by Crippen LogP contribution is 2.53. The molecule has 0 spiro atoms. The van der Waals surface area contributed by atoms with Crippen LogP contribution in [0.4, 0.5) is 0 Å². The Hall–Kier alpha value is -1.65. The molecule has 3 atom stereocenters. The summed E-state index contributed by atoms with van der Waals surface area (Å²) >= 11 is 0. The number of sulfonamides is 1. The highest BCUT2D eigenvalue weighted by Gasteiger charge is 2.57. The van der Waals surface area contributed by atoms with E-state index in [1.165, 1.54) is 11.1 Å². The predicted octanol–water partition coefficient (Wildman–Crippen LogP) is 3.06. The molecular weight excluding hydrogens is 282 g/mol. The van der Waals surface area contributed by atoms with E-state index in [0.29, 0.717) is 4.90 Å². The number of aryl methyl sites for hydroxylation is 2. The van der Waals surface area contributed by atoms with Crippen molar-refractivity contribution in [3.63, 3.8) is 0 Å². The molecule has 0 amide bonds. The molecule has 1 saturated heterocycles. The number of benzene rings is 2. The maximum atomic E-state index is 12.8. The Balaban J connectivity index is 1.72. The molecule has 0 aromatic heterocycles. The summed E-state index contributed by atoms with van der Waals surface area (Å²) in [6, 6.07) is 15.5. The van der Waals surface area contributed by atoms with Gasteiger partial charge >= 0.3 is 0 Å². The van der Waals surface area contributed by atoms with Crippen molar-refractivity contribution in [2.24, 2.45) is 0 Å². The lowest BCUT2D eigenvalue weighted by Gasteiger charge is -2.11. The first kappa shape index (κ1) is 13.0. The Morgan fingerprint density at radius 3 is 2.52 bits per heavy atom. The van der Waals surface area contributed by atoms with Crippen molar-refractivity contribution in [2.75, 3.05) is 0 Å². The zero-order valence-electron chi connectivity index (χ0n) is 11.9. The highest BCUT2D eigenvalue weighted by molar-refractivity contribution is 7.89. The first-order valence-corrected chi connectivity index (χ1v) is 8.71. The molecule has 1 aliphatic carbocycles. The van der Waals surface area contributed by atoms with E-state index >= 15 is 0 Å². The normalized spacial score (nSPS) is 26.8. The molecule has 0 radical (unpaired) electrons. The molecule has 2 aromatic rings. The third-order valence-corrected chi connectivity index (χ3v) is 6.48. The first-order chi connectivity index (χ1) is 10.1. The van der Waals surface area contributed by atoms with Crippen molar-refractivity contribution in [1.29, 1.82) is 0 Å². The van der Waals surface area contributed by atoms with Gasteiger partial charge in [-0.2, -0.15) is 4.31 Å². The van der Waals surface area contributed by atoms with E-state index in [0.717, 1.165) is 18.4 Å². The SMILES string of the molecule is Cc1ccc(S(=O)(=O)N2[C@@H]3CCc4ccccc4[C@@H]32)cc1. The second-order valence-corrected chi connectivity index (χ2v) is 7.74. The molecule has 1 fully saturated rings. The zero-order valence-corrected chi connectivity index (χ0v) is 12.7. The minimum atomic E-state index is -3.37. The first-order valence-electron chi connectivity index (χ1n) is 7.27. The average Bonchev–Trinajstić information content (AvgIpc) is 3.23. The van der Waals surface area contributed by atoms with Gasteiger partial charge in [-0.25, -0.2) is 8.42 Å². The van der Waals surface area contributed by atoms with E-state index in [4.69, 9.17) is 0 Å². The lowest BCUT2D eigenvalue weighted by Crippen LogP contribution is -2.14. The van der Waals surface area contributed by atoms with Gasteiger partial charge in [-0.05, 0) is 43.0 Å². The van der Waals surface area contributed by atoms with Crippen LogP contribution in [0.25, 0.3) is 0 Å². The van der Waals surface area contributed by atoms with Crippen LogP contribution in [0.5, 0.6) is 0 Å². The van der Waals surface area contributed by atoms with Gasteiger partial charge < -0.3 is 0 Å². The molecule has 108 valence electrons. The standard InChI is InChI=1S/C17H17NO2S/c1-12-6-9-14(10-7-12)21(19,20)18-16-11-8-13-4-2-3-5-15(13)17(16)18/h2-7,9-10,16-17H,8,11H2,1H3/t16-,17+,18?/m1/s1. The van der Waals surface area contributed by atoms with Crippen LogP contribution in [-0.4, -0.2) is 18.8 Å². The number of hydrogen-bond donors (Lipinski definition) is 0. The average molecular weight is 299 g/mol. The molecular formula is C17H17NO2S. The fourth-order valence-electron chi connectivity index (χ4n) is 3.40. The van der Waals surface area contributed by atoms with Crippen LogP contribution in [-0.2, 0) is 16.4 Å². The largest absolute Gasteiger partial charge is 0.244 e. The molecule has 2 aromatic carbocycles. The van der Waals surface area contributed by atoms with E-state index < -0.39 is 10.0 Å². The summed E-state index contributed by atoms with van der Waals surface area (Å²) in [5.74, 6) is 0. The van der Waals surface area contributed by atoms with Gasteiger partial charge in [0.05, 0.1) is 10.9 Å². The van der Waals surface area contributed by atoms with Crippen molar-refractivity contribution in [1.82, 2.24) is 4.31 Å². The Kier molecular flexibility index (Phi) is 2.75. The number of rotatable bonds is 2. The van der Waals surface area contributed by atoms with Gasteiger partial charge in [0.2, 0.25) is 10.0 Å². The molecule has 0 N–H and O–H groups in total. The highest BCUT2D eigenvalue weighted by atomic mass is 32.2. The minimum absolute atomic E-state index is 0.0428. The smallest absolute Gasteiger partial charge is 0.207 e. The quantitative estimate of drug-likeness (QED) is 0.799. The van der Waals surface area contributed by atoms with Crippen LogP contribution in [0, 0.1) is 6.92 Å². The monoisotopic (exact) mass is 299 g/mol. The summed E-state index contributed by atoms with van der Waals surface area (Å²) in [7, 11) is -3.37. The van der Waals surface area contributed by atoms with Crippen molar-refractivity contribution in [3.05, 3.63) is 65.2 Å². The Labute approximate surface area is 125 Å². The Morgan fingerprint density at radius 2 is 1.76 bits per heavy atom. The molecule has 0 saturated carbocycles. The van der Waals surface area contributed by atoms with Crippen LogP contribution in [0.3, 0.4) is 0 Å². The second-order valence-electron chi connectivity index (χ2n) is 5.90. The number of nitrogens with zero attached hydrogens (tertiary/aromatic N) is 1. The van der Waals surface area contributed by atoms with Gasteiger partial charge in [0.15, 0.2) is 0 Å². The van der Waals surface area contributed by atoms with Gasteiger partial charge in [-0.3, -0.25) is 0 Å². The van der Waals surface area contributed by atoms with E-state index in [1.807, 2.05) is 31.2 Å². The lowest BCUT2D eigenvalue weighted by atomic mass is 9.92. The molecule has 2 aliphatic rings. The fourth-order valence-corrected chi connectivity index (χ4v) is 5.20.